The molecule has 0 aliphatic heterocycles. The van der Waals surface area contributed by atoms with Gasteiger partial charge in [-0.3, -0.25) is 0 Å². The van der Waals surface area contributed by atoms with Crippen molar-refractivity contribution in [2.24, 2.45) is 5.73 Å². The van der Waals surface area contributed by atoms with Crippen LogP contribution < -0.4 is 5.73 Å². The summed E-state index contributed by atoms with van der Waals surface area (Å²) in [5.41, 5.74) is 5.12. The van der Waals surface area contributed by atoms with Crippen LogP contribution in [0, 0.1) is 0 Å². The molecule has 86 valence electrons. The number of alkyl halides is 2. The number of hydrogen-bond donors (Lipinski definition) is 2. The molecule has 0 aliphatic carbocycles. The van der Waals surface area contributed by atoms with E-state index in [0.717, 1.165) is 0 Å². The minimum absolute atomic E-state index is 0. The highest BCUT2D eigenvalue weighted by molar-refractivity contribution is 9.10. The predicted molar refractivity (Wildman–Crippen MR) is 61.0 cm³/mol. The van der Waals surface area contributed by atoms with Gasteiger partial charge in [-0.05, 0) is 28.1 Å². The van der Waals surface area contributed by atoms with Gasteiger partial charge in [0.15, 0.2) is 0 Å². The zero-order valence-corrected chi connectivity index (χ0v) is 10.4. The quantitative estimate of drug-likeness (QED) is 0.875. The lowest BCUT2D eigenvalue weighted by molar-refractivity contribution is 0.115. The second-order valence-corrected chi connectivity index (χ2v) is 3.98. The fourth-order valence-corrected chi connectivity index (χ4v) is 1.81. The summed E-state index contributed by atoms with van der Waals surface area (Å²) < 4.78 is 24.8. The fraction of sp³-hybridized carbons (Fsp3) is 0.250. The summed E-state index contributed by atoms with van der Waals surface area (Å²) >= 11 is 8.61. The molecule has 2 nitrogen and oxygen atoms in total. The van der Waals surface area contributed by atoms with Crippen molar-refractivity contribution < 1.29 is 13.9 Å². The third kappa shape index (κ3) is 3.45. The van der Waals surface area contributed by atoms with Crippen LogP contribution in [0.15, 0.2) is 16.6 Å². The van der Waals surface area contributed by atoms with Crippen LogP contribution in [0.25, 0.3) is 0 Å². The first-order chi connectivity index (χ1) is 6.43. The topological polar surface area (TPSA) is 46.2 Å². The van der Waals surface area contributed by atoms with Gasteiger partial charge in [0.25, 0.3) is 6.43 Å². The highest BCUT2D eigenvalue weighted by atomic mass is 79.9. The van der Waals surface area contributed by atoms with E-state index >= 15 is 0 Å². The van der Waals surface area contributed by atoms with E-state index in [1.807, 2.05) is 0 Å². The highest BCUT2D eigenvalue weighted by Crippen LogP contribution is 2.35. The van der Waals surface area contributed by atoms with Crippen LogP contribution in [0.3, 0.4) is 0 Å². The van der Waals surface area contributed by atoms with Crippen molar-refractivity contribution in [2.75, 3.05) is 0 Å². The number of nitrogens with two attached hydrogens (primary N) is 1. The number of halogens is 5. The van der Waals surface area contributed by atoms with E-state index in [4.69, 9.17) is 17.3 Å². The first-order valence-corrected chi connectivity index (χ1v) is 4.82. The van der Waals surface area contributed by atoms with E-state index in [1.165, 1.54) is 12.1 Å². The molecule has 3 N–H and O–H groups in total. The average Bonchev–Trinajstić information content (AvgIpc) is 2.09. The Morgan fingerprint density at radius 3 is 2.40 bits per heavy atom. The van der Waals surface area contributed by atoms with E-state index in [-0.39, 0.29) is 33.2 Å². The maximum atomic E-state index is 12.3. The van der Waals surface area contributed by atoms with Crippen molar-refractivity contribution >= 4 is 39.9 Å². The molecule has 1 aromatic carbocycles. The van der Waals surface area contributed by atoms with Crippen molar-refractivity contribution in [3.05, 3.63) is 27.2 Å². The van der Waals surface area contributed by atoms with Crippen molar-refractivity contribution in [1.29, 1.82) is 0 Å². The molecule has 1 rings (SSSR count). The number of phenolic OH excluding ortho intramolecular Hbond substituents is 1. The van der Waals surface area contributed by atoms with E-state index in [0.29, 0.717) is 0 Å². The minimum Gasteiger partial charge on any atom is -0.506 e. The van der Waals surface area contributed by atoms with Gasteiger partial charge >= 0.3 is 0 Å². The minimum atomic E-state index is -2.74. The molecule has 0 spiro atoms. The number of rotatable bonds is 2. The standard InChI is InChI=1S/C8H7BrClF2NO.ClH/c9-5-2-3(10)1-4(7(5)14)6(13)8(11)12;/h1-2,6,8,14H,13H2;1H/t6-;/m0./s1. The van der Waals surface area contributed by atoms with Crippen LogP contribution in [0.1, 0.15) is 11.6 Å². The van der Waals surface area contributed by atoms with Crippen molar-refractivity contribution in [2.45, 2.75) is 12.5 Å². The molecule has 0 saturated heterocycles. The predicted octanol–water partition coefficient (Wildman–Crippen LogP) is 3.49. The van der Waals surface area contributed by atoms with Gasteiger partial charge in [0.1, 0.15) is 5.75 Å². The normalized spacial score (nSPS) is 12.4. The number of phenols is 1. The summed E-state index contributed by atoms with van der Waals surface area (Å²) in [6, 6.07) is 1.09. The van der Waals surface area contributed by atoms with Gasteiger partial charge in [-0.2, -0.15) is 0 Å². The van der Waals surface area contributed by atoms with Crippen molar-refractivity contribution in [1.82, 2.24) is 0 Å². The lowest BCUT2D eigenvalue weighted by Gasteiger charge is -2.13. The third-order valence-electron chi connectivity index (χ3n) is 1.69. The Bertz CT molecular complexity index is 352. The molecule has 0 heterocycles. The molecular formula is C8H8BrCl2F2NO. The van der Waals surface area contributed by atoms with Crippen LogP contribution >= 0.6 is 39.9 Å². The molecule has 0 aliphatic rings. The largest absolute Gasteiger partial charge is 0.506 e. The maximum Gasteiger partial charge on any atom is 0.257 e. The lowest BCUT2D eigenvalue weighted by Crippen LogP contribution is -2.19. The molecule has 0 saturated carbocycles. The zero-order chi connectivity index (χ0) is 10.9. The van der Waals surface area contributed by atoms with Gasteiger partial charge in [0, 0.05) is 10.6 Å². The first kappa shape index (κ1) is 14.9. The van der Waals surface area contributed by atoms with E-state index in [2.05, 4.69) is 15.9 Å². The smallest absolute Gasteiger partial charge is 0.257 e. The summed E-state index contributed by atoms with van der Waals surface area (Å²) in [4.78, 5) is 0. The van der Waals surface area contributed by atoms with Crippen LogP contribution in [-0.4, -0.2) is 11.5 Å². The SMILES string of the molecule is Cl.N[C@@H](c1cc(Cl)cc(Br)c1O)C(F)F. The van der Waals surface area contributed by atoms with E-state index in [1.54, 1.807) is 0 Å². The number of aromatic hydroxyl groups is 1. The Morgan fingerprint density at radius 1 is 1.40 bits per heavy atom. The maximum absolute atomic E-state index is 12.3. The van der Waals surface area contributed by atoms with Gasteiger partial charge in [0.2, 0.25) is 0 Å². The molecule has 15 heavy (non-hydrogen) atoms. The Kier molecular flexibility index (Phi) is 5.80. The summed E-state index contributed by atoms with van der Waals surface area (Å²) in [6.45, 7) is 0. The Hall–Kier alpha value is -0.100. The average molecular weight is 323 g/mol. The van der Waals surface area contributed by atoms with Gasteiger partial charge < -0.3 is 10.8 Å². The van der Waals surface area contributed by atoms with Gasteiger partial charge in [-0.1, -0.05) is 11.6 Å². The van der Waals surface area contributed by atoms with Gasteiger partial charge in [0.05, 0.1) is 10.5 Å². The first-order valence-electron chi connectivity index (χ1n) is 3.65. The number of benzene rings is 1. The van der Waals surface area contributed by atoms with Gasteiger partial charge in [-0.25, -0.2) is 8.78 Å². The monoisotopic (exact) mass is 321 g/mol. The summed E-state index contributed by atoms with van der Waals surface area (Å²) in [7, 11) is 0. The Morgan fingerprint density at radius 2 is 1.93 bits per heavy atom. The molecule has 1 aromatic rings. The third-order valence-corrected chi connectivity index (χ3v) is 2.51. The molecule has 0 aromatic heterocycles. The van der Waals surface area contributed by atoms with Crippen molar-refractivity contribution in [3.63, 3.8) is 0 Å². The molecule has 0 radical (unpaired) electrons. The van der Waals surface area contributed by atoms with Gasteiger partial charge in [-0.15, -0.1) is 12.4 Å². The molecule has 7 heteroatoms. The molecule has 1 atom stereocenters. The molecule has 0 bridgehead atoms. The van der Waals surface area contributed by atoms with E-state index < -0.39 is 12.5 Å². The van der Waals surface area contributed by atoms with Crippen LogP contribution in [-0.2, 0) is 0 Å². The molecule has 0 amide bonds. The van der Waals surface area contributed by atoms with E-state index in [9.17, 15) is 13.9 Å². The molecule has 0 unspecified atom stereocenters. The Labute approximate surface area is 105 Å². The summed E-state index contributed by atoms with van der Waals surface area (Å²) in [5.74, 6) is -0.304. The summed E-state index contributed by atoms with van der Waals surface area (Å²) in [5, 5.41) is 9.66. The lowest BCUT2D eigenvalue weighted by atomic mass is 10.1. The summed E-state index contributed by atoms with van der Waals surface area (Å²) in [6.07, 6.45) is -2.74. The molecular weight excluding hydrogens is 315 g/mol. The highest BCUT2D eigenvalue weighted by Gasteiger charge is 2.22. The second kappa shape index (κ2) is 5.84. The zero-order valence-electron chi connectivity index (χ0n) is 7.25. The van der Waals surface area contributed by atoms with Crippen LogP contribution in [0.2, 0.25) is 5.02 Å². The molecule has 0 fully saturated rings. The Balaban J connectivity index is 0.00000196. The van der Waals surface area contributed by atoms with Crippen LogP contribution in [0.5, 0.6) is 5.75 Å². The fourth-order valence-electron chi connectivity index (χ4n) is 0.976. The second-order valence-electron chi connectivity index (χ2n) is 2.69. The van der Waals surface area contributed by atoms with Crippen LogP contribution in [0.4, 0.5) is 8.78 Å². The number of hydrogen-bond acceptors (Lipinski definition) is 2. The van der Waals surface area contributed by atoms with Crippen molar-refractivity contribution in [3.8, 4) is 5.75 Å².